The summed E-state index contributed by atoms with van der Waals surface area (Å²) in [4.78, 5) is 29.6. The molecule has 0 spiro atoms. The van der Waals surface area contributed by atoms with Crippen molar-refractivity contribution >= 4 is 21.1 Å². The molecule has 0 saturated heterocycles. The van der Waals surface area contributed by atoms with Crippen LogP contribution in [-0.2, 0) is 23.0 Å². The van der Waals surface area contributed by atoms with Crippen LogP contribution in [0.1, 0.15) is 20.3 Å². The van der Waals surface area contributed by atoms with Crippen molar-refractivity contribution in [3.05, 3.63) is 0 Å². The maximum Gasteiger partial charge on any atom is 0.349 e. The van der Waals surface area contributed by atoms with Crippen LogP contribution in [0.15, 0.2) is 0 Å². The molecule has 10 heteroatoms. The number of hydrogen-bond acceptors (Lipinski definition) is 5. The molecular weight excluding hydrogens is 284 g/mol. The molecule has 0 aliphatic rings. The van der Waals surface area contributed by atoms with Gasteiger partial charge in [-0.1, -0.05) is 0 Å². The lowest BCUT2D eigenvalue weighted by atomic mass is 10.1. The third kappa shape index (κ3) is 5.18. The van der Waals surface area contributed by atoms with E-state index in [0.29, 0.717) is 0 Å². The number of carbonyl (C=O) groups is 1. The van der Waals surface area contributed by atoms with Crippen LogP contribution in [0.25, 0.3) is 0 Å². The minimum atomic E-state index is -4.39. The monoisotopic (exact) mass is 303 g/mol. The van der Waals surface area contributed by atoms with Gasteiger partial charge in [0.2, 0.25) is 5.91 Å². The van der Waals surface area contributed by atoms with E-state index in [9.17, 15) is 13.9 Å². The Morgan fingerprint density at radius 3 is 2.00 bits per heavy atom. The molecule has 0 aromatic heterocycles. The van der Waals surface area contributed by atoms with E-state index in [4.69, 9.17) is 9.79 Å². The van der Waals surface area contributed by atoms with Crippen molar-refractivity contribution in [2.45, 2.75) is 25.4 Å². The van der Waals surface area contributed by atoms with Gasteiger partial charge >= 0.3 is 15.2 Å². The van der Waals surface area contributed by atoms with E-state index in [1.807, 2.05) is 0 Å². The van der Waals surface area contributed by atoms with Crippen molar-refractivity contribution < 1.29 is 32.8 Å². The van der Waals surface area contributed by atoms with E-state index < -0.39 is 32.7 Å². The van der Waals surface area contributed by atoms with Crippen molar-refractivity contribution in [2.24, 2.45) is 0 Å². The van der Waals surface area contributed by atoms with Crippen molar-refractivity contribution in [3.8, 4) is 0 Å². The average Bonchev–Trinajstić information content (AvgIpc) is 2.24. The number of rotatable bonds is 7. The summed E-state index contributed by atoms with van der Waals surface area (Å²) in [5, 5.41) is 0.773. The second-order valence-electron chi connectivity index (χ2n) is 4.27. The molecule has 0 radical (unpaired) electrons. The standard InChI is InChI=1S/C8H19NO7P2/c1-8(2,18(12,13)14)5-7(10)9-6-17(11,15-3)16-4/h5-6H2,1-4H3,(H,9,10)(H2,12,13,14). The van der Waals surface area contributed by atoms with Crippen molar-refractivity contribution in [3.63, 3.8) is 0 Å². The van der Waals surface area contributed by atoms with Gasteiger partial charge in [0.1, 0.15) is 6.29 Å². The summed E-state index contributed by atoms with van der Waals surface area (Å²) in [6, 6.07) is 0. The number of amides is 1. The molecule has 0 heterocycles. The summed E-state index contributed by atoms with van der Waals surface area (Å²) >= 11 is 0. The van der Waals surface area contributed by atoms with E-state index in [-0.39, 0.29) is 6.29 Å². The quantitative estimate of drug-likeness (QED) is 0.597. The fourth-order valence-electron chi connectivity index (χ4n) is 0.947. The van der Waals surface area contributed by atoms with Crippen LogP contribution in [-0.4, -0.2) is 41.4 Å². The second-order valence-corrected chi connectivity index (χ2v) is 8.83. The SMILES string of the molecule is COP(=O)(CNC(=O)CC(C)(C)P(=O)(O)O)OC. The molecule has 0 aromatic rings. The second kappa shape index (κ2) is 6.28. The first-order chi connectivity index (χ1) is 7.97. The molecule has 108 valence electrons. The Hall–Kier alpha value is -0.230. The van der Waals surface area contributed by atoms with Gasteiger partial charge in [-0.15, -0.1) is 0 Å². The lowest BCUT2D eigenvalue weighted by molar-refractivity contribution is -0.121. The molecule has 0 aromatic carbocycles. The van der Waals surface area contributed by atoms with Crippen LogP contribution in [0.4, 0.5) is 0 Å². The van der Waals surface area contributed by atoms with Gasteiger partial charge in [0.05, 0.1) is 5.16 Å². The topological polar surface area (TPSA) is 122 Å². The third-order valence-electron chi connectivity index (χ3n) is 2.41. The Bertz CT molecular complexity index is 381. The Kier molecular flexibility index (Phi) is 6.20. The van der Waals surface area contributed by atoms with Gasteiger partial charge in [0.25, 0.3) is 0 Å². The summed E-state index contributed by atoms with van der Waals surface area (Å²) in [6.07, 6.45) is -0.749. The molecule has 1 amide bonds. The predicted molar refractivity (Wildman–Crippen MR) is 65.4 cm³/mol. The maximum absolute atomic E-state index is 11.6. The molecule has 0 saturated carbocycles. The van der Waals surface area contributed by atoms with Crippen molar-refractivity contribution in [1.29, 1.82) is 0 Å². The molecule has 0 bridgehead atoms. The van der Waals surface area contributed by atoms with Crippen LogP contribution in [0.5, 0.6) is 0 Å². The lowest BCUT2D eigenvalue weighted by Crippen LogP contribution is -2.33. The Labute approximate surface area is 106 Å². The third-order valence-corrected chi connectivity index (χ3v) is 5.80. The minimum Gasteiger partial charge on any atom is -0.344 e. The van der Waals surface area contributed by atoms with E-state index >= 15 is 0 Å². The van der Waals surface area contributed by atoms with E-state index in [0.717, 1.165) is 0 Å². The number of hydrogen-bond donors (Lipinski definition) is 3. The van der Waals surface area contributed by atoms with Gasteiger partial charge in [-0.3, -0.25) is 13.9 Å². The number of nitrogens with one attached hydrogen (secondary N) is 1. The molecule has 3 N–H and O–H groups in total. The van der Waals surface area contributed by atoms with Crippen LogP contribution in [0, 0.1) is 0 Å². The molecule has 0 aliphatic carbocycles. The predicted octanol–water partition coefficient (Wildman–Crippen LogP) is 0.892. The van der Waals surface area contributed by atoms with Gasteiger partial charge in [-0.05, 0) is 13.8 Å². The van der Waals surface area contributed by atoms with Crippen LogP contribution in [0.3, 0.4) is 0 Å². The summed E-state index contributed by atoms with van der Waals surface area (Å²) in [7, 11) is -5.41. The lowest BCUT2D eigenvalue weighted by Gasteiger charge is -2.25. The summed E-state index contributed by atoms with van der Waals surface area (Å²) in [6.45, 7) is 2.55. The summed E-state index contributed by atoms with van der Waals surface area (Å²) in [5.74, 6) is -0.641. The molecule has 0 fully saturated rings. The fraction of sp³-hybridized carbons (Fsp3) is 0.875. The largest absolute Gasteiger partial charge is 0.349 e. The van der Waals surface area contributed by atoms with E-state index in [1.54, 1.807) is 0 Å². The normalized spacial score (nSPS) is 13.4. The van der Waals surface area contributed by atoms with Gasteiger partial charge in [-0.25, -0.2) is 0 Å². The maximum atomic E-state index is 11.6. The van der Waals surface area contributed by atoms with Crippen LogP contribution < -0.4 is 5.32 Å². The molecule has 18 heavy (non-hydrogen) atoms. The highest BCUT2D eigenvalue weighted by Gasteiger charge is 2.39. The first-order valence-corrected chi connectivity index (χ1v) is 8.34. The Balaban J connectivity index is 4.47. The van der Waals surface area contributed by atoms with Gasteiger partial charge in [0, 0.05) is 20.6 Å². The summed E-state index contributed by atoms with van der Waals surface area (Å²) in [5.41, 5.74) is 0. The van der Waals surface area contributed by atoms with E-state index in [2.05, 4.69) is 14.4 Å². The van der Waals surface area contributed by atoms with Crippen molar-refractivity contribution in [2.75, 3.05) is 20.5 Å². The molecular formula is C8H19NO7P2. The van der Waals surface area contributed by atoms with Gasteiger partial charge < -0.3 is 24.2 Å². The Morgan fingerprint density at radius 2 is 1.67 bits per heavy atom. The zero-order chi connectivity index (χ0) is 14.6. The molecule has 0 unspecified atom stereocenters. The van der Waals surface area contributed by atoms with Gasteiger partial charge in [-0.2, -0.15) is 0 Å². The zero-order valence-electron chi connectivity index (χ0n) is 10.7. The fourth-order valence-corrected chi connectivity index (χ4v) is 2.07. The molecule has 0 aliphatic heterocycles. The smallest absolute Gasteiger partial charge is 0.344 e. The zero-order valence-corrected chi connectivity index (χ0v) is 12.5. The molecule has 0 rings (SSSR count). The minimum absolute atomic E-state index is 0.351. The molecule has 0 atom stereocenters. The molecule has 8 nitrogen and oxygen atoms in total. The highest BCUT2D eigenvalue weighted by molar-refractivity contribution is 7.54. The number of carbonyl (C=O) groups excluding carboxylic acids is 1. The van der Waals surface area contributed by atoms with Gasteiger partial charge in [0.15, 0.2) is 0 Å². The average molecular weight is 303 g/mol. The van der Waals surface area contributed by atoms with Crippen LogP contribution >= 0.6 is 15.2 Å². The van der Waals surface area contributed by atoms with E-state index in [1.165, 1.54) is 28.1 Å². The highest BCUT2D eigenvalue weighted by Crippen LogP contribution is 2.52. The van der Waals surface area contributed by atoms with Crippen molar-refractivity contribution in [1.82, 2.24) is 5.32 Å². The summed E-state index contributed by atoms with van der Waals surface area (Å²) < 4.78 is 31.9. The highest BCUT2D eigenvalue weighted by atomic mass is 31.2. The van der Waals surface area contributed by atoms with Crippen LogP contribution in [0.2, 0.25) is 0 Å². The first kappa shape index (κ1) is 17.8. The Morgan fingerprint density at radius 1 is 1.22 bits per heavy atom. The first-order valence-electron chi connectivity index (χ1n) is 5.00.